The molecule has 3 aromatic rings. The van der Waals surface area contributed by atoms with Crippen molar-refractivity contribution in [1.29, 1.82) is 0 Å². The van der Waals surface area contributed by atoms with E-state index in [2.05, 4.69) is 19.9 Å². The van der Waals surface area contributed by atoms with Crippen molar-refractivity contribution in [3.63, 3.8) is 0 Å². The van der Waals surface area contributed by atoms with Crippen molar-refractivity contribution in [3.05, 3.63) is 65.4 Å². The number of hydrogen-bond donors (Lipinski definition) is 0. The molecule has 0 radical (unpaired) electrons. The number of pyridine rings is 1. The van der Waals surface area contributed by atoms with Crippen LogP contribution in [0.1, 0.15) is 21.7 Å². The summed E-state index contributed by atoms with van der Waals surface area (Å²) in [6, 6.07) is 9.97. The number of methoxy groups -OCH3 is 1. The fraction of sp³-hybridized carbons (Fsp3) is 0.176. The predicted molar refractivity (Wildman–Crippen MR) is 86.9 cm³/mol. The molecule has 25 heavy (non-hydrogen) atoms. The third kappa shape index (κ3) is 3.79. The monoisotopic (exact) mass is 342 g/mol. The lowest BCUT2D eigenvalue weighted by atomic mass is 10.1. The number of aromatic nitrogens is 3. The van der Waals surface area contributed by atoms with Crippen molar-refractivity contribution in [2.24, 2.45) is 0 Å². The van der Waals surface area contributed by atoms with Crippen LogP contribution in [-0.4, -0.2) is 28.2 Å². The van der Waals surface area contributed by atoms with Crippen molar-refractivity contribution in [1.82, 2.24) is 15.1 Å². The van der Waals surface area contributed by atoms with E-state index < -0.39 is 11.8 Å². The molecule has 0 aliphatic carbocycles. The smallest absolute Gasteiger partial charge is 0.337 e. The SMILES string of the molecule is COC(=O)c1ccc(CN(c2ccc(F)cn2)c2nc(C)no2)cc1. The molecule has 0 saturated carbocycles. The molecule has 0 unspecified atom stereocenters. The number of hydrogen-bond acceptors (Lipinski definition) is 7. The fourth-order valence-corrected chi connectivity index (χ4v) is 2.22. The van der Waals surface area contributed by atoms with Gasteiger partial charge in [0.1, 0.15) is 11.6 Å². The van der Waals surface area contributed by atoms with Gasteiger partial charge < -0.3 is 9.26 Å². The summed E-state index contributed by atoms with van der Waals surface area (Å²) in [5.41, 5.74) is 1.32. The molecule has 0 N–H and O–H groups in total. The summed E-state index contributed by atoms with van der Waals surface area (Å²) in [5.74, 6) is 0.0919. The highest BCUT2D eigenvalue weighted by Gasteiger charge is 2.18. The summed E-state index contributed by atoms with van der Waals surface area (Å²) in [4.78, 5) is 21.4. The Morgan fingerprint density at radius 3 is 2.56 bits per heavy atom. The van der Waals surface area contributed by atoms with Crippen LogP contribution < -0.4 is 4.90 Å². The summed E-state index contributed by atoms with van der Waals surface area (Å²) in [6.45, 7) is 2.05. The van der Waals surface area contributed by atoms with Crippen LogP contribution in [0.4, 0.5) is 16.2 Å². The molecule has 7 nitrogen and oxygen atoms in total. The number of carbonyl (C=O) groups is 1. The first kappa shape index (κ1) is 16.6. The van der Waals surface area contributed by atoms with Crippen LogP contribution in [0.3, 0.4) is 0 Å². The Morgan fingerprint density at radius 2 is 2.00 bits per heavy atom. The first-order chi connectivity index (χ1) is 12.1. The maximum Gasteiger partial charge on any atom is 0.337 e. The number of aryl methyl sites for hydroxylation is 1. The molecule has 2 heterocycles. The van der Waals surface area contributed by atoms with E-state index >= 15 is 0 Å². The average molecular weight is 342 g/mol. The average Bonchev–Trinajstić information content (AvgIpc) is 3.06. The van der Waals surface area contributed by atoms with Gasteiger partial charge in [-0.3, -0.25) is 4.90 Å². The highest BCUT2D eigenvalue weighted by atomic mass is 19.1. The van der Waals surface area contributed by atoms with Gasteiger partial charge in [-0.2, -0.15) is 4.98 Å². The second kappa shape index (κ2) is 7.08. The van der Waals surface area contributed by atoms with Gasteiger partial charge >= 0.3 is 12.0 Å². The Kier molecular flexibility index (Phi) is 4.69. The van der Waals surface area contributed by atoms with Crippen molar-refractivity contribution in [2.45, 2.75) is 13.5 Å². The lowest BCUT2D eigenvalue weighted by Gasteiger charge is -2.19. The van der Waals surface area contributed by atoms with E-state index in [0.717, 1.165) is 11.8 Å². The van der Waals surface area contributed by atoms with E-state index in [1.54, 1.807) is 36.1 Å². The number of benzene rings is 1. The Labute approximate surface area is 143 Å². The molecule has 128 valence electrons. The van der Waals surface area contributed by atoms with Crippen LogP contribution in [-0.2, 0) is 11.3 Å². The van der Waals surface area contributed by atoms with Gasteiger partial charge in [0.25, 0.3) is 0 Å². The van der Waals surface area contributed by atoms with Gasteiger partial charge in [-0.1, -0.05) is 17.3 Å². The van der Waals surface area contributed by atoms with Crippen LogP contribution in [0.25, 0.3) is 0 Å². The molecule has 0 aliphatic heterocycles. The standard InChI is InChI=1S/C17H15FN4O3/c1-11-20-17(25-21-11)22(15-8-7-14(18)9-19-15)10-12-3-5-13(6-4-12)16(23)24-2/h3-9H,10H2,1-2H3. The number of rotatable bonds is 5. The predicted octanol–water partition coefficient (Wildman–Crippen LogP) is 3.04. The van der Waals surface area contributed by atoms with Crippen LogP contribution >= 0.6 is 0 Å². The maximum atomic E-state index is 13.2. The number of ether oxygens (including phenoxy) is 1. The zero-order valence-electron chi connectivity index (χ0n) is 13.6. The summed E-state index contributed by atoms with van der Waals surface area (Å²) in [7, 11) is 1.33. The molecule has 0 saturated heterocycles. The highest BCUT2D eigenvalue weighted by Crippen LogP contribution is 2.24. The minimum Gasteiger partial charge on any atom is -0.465 e. The molecule has 2 aromatic heterocycles. The molecule has 0 amide bonds. The van der Waals surface area contributed by atoms with E-state index in [1.807, 2.05) is 0 Å². The van der Waals surface area contributed by atoms with Crippen LogP contribution in [0.5, 0.6) is 0 Å². The van der Waals surface area contributed by atoms with E-state index in [9.17, 15) is 9.18 Å². The molecule has 3 rings (SSSR count). The lowest BCUT2D eigenvalue weighted by molar-refractivity contribution is 0.0600. The Bertz CT molecular complexity index is 862. The number of carbonyl (C=O) groups excluding carboxylic acids is 1. The second-order valence-corrected chi connectivity index (χ2v) is 5.23. The van der Waals surface area contributed by atoms with Crippen molar-refractivity contribution in [3.8, 4) is 0 Å². The van der Waals surface area contributed by atoms with E-state index in [0.29, 0.717) is 23.8 Å². The molecule has 8 heteroatoms. The van der Waals surface area contributed by atoms with Crippen molar-refractivity contribution in [2.75, 3.05) is 12.0 Å². The first-order valence-electron chi connectivity index (χ1n) is 7.43. The Morgan fingerprint density at radius 1 is 1.24 bits per heavy atom. The van der Waals surface area contributed by atoms with Gasteiger partial charge in [0, 0.05) is 0 Å². The first-order valence-corrected chi connectivity index (χ1v) is 7.43. The normalized spacial score (nSPS) is 10.5. The summed E-state index contributed by atoms with van der Waals surface area (Å²) < 4.78 is 23.1. The number of anilines is 2. The van der Waals surface area contributed by atoms with Gasteiger partial charge in [-0.05, 0) is 36.8 Å². The maximum absolute atomic E-state index is 13.2. The third-order valence-electron chi connectivity index (χ3n) is 3.45. The van der Waals surface area contributed by atoms with Gasteiger partial charge in [-0.25, -0.2) is 14.2 Å². The van der Waals surface area contributed by atoms with Gasteiger partial charge in [0.05, 0.1) is 25.4 Å². The second-order valence-electron chi connectivity index (χ2n) is 5.23. The lowest BCUT2D eigenvalue weighted by Crippen LogP contribution is -2.18. The highest BCUT2D eigenvalue weighted by molar-refractivity contribution is 5.89. The molecule has 1 aromatic carbocycles. The molecule has 0 atom stereocenters. The molecular weight excluding hydrogens is 327 g/mol. The molecule has 0 spiro atoms. The van der Waals surface area contributed by atoms with Crippen LogP contribution in [0.15, 0.2) is 47.1 Å². The van der Waals surface area contributed by atoms with Crippen LogP contribution in [0, 0.1) is 12.7 Å². The largest absolute Gasteiger partial charge is 0.465 e. The summed E-state index contributed by atoms with van der Waals surface area (Å²) in [6.07, 6.45) is 1.12. The Hall–Kier alpha value is -3.29. The molecule has 0 bridgehead atoms. The quantitative estimate of drug-likeness (QED) is 0.659. The Balaban J connectivity index is 1.90. The van der Waals surface area contributed by atoms with Crippen LogP contribution in [0.2, 0.25) is 0 Å². The number of halogens is 1. The van der Waals surface area contributed by atoms with Crippen molar-refractivity contribution < 1.29 is 18.4 Å². The fourth-order valence-electron chi connectivity index (χ4n) is 2.22. The van der Waals surface area contributed by atoms with Gasteiger partial charge in [0.2, 0.25) is 0 Å². The van der Waals surface area contributed by atoms with Gasteiger partial charge in [0.15, 0.2) is 5.82 Å². The third-order valence-corrected chi connectivity index (χ3v) is 3.45. The van der Waals surface area contributed by atoms with Gasteiger partial charge in [-0.15, -0.1) is 0 Å². The zero-order chi connectivity index (χ0) is 17.8. The minimum absolute atomic E-state index is 0.244. The van der Waals surface area contributed by atoms with E-state index in [1.165, 1.54) is 19.2 Å². The molecule has 0 fully saturated rings. The van der Waals surface area contributed by atoms with E-state index in [-0.39, 0.29) is 6.01 Å². The van der Waals surface area contributed by atoms with Crippen molar-refractivity contribution >= 4 is 17.8 Å². The number of esters is 1. The minimum atomic E-state index is -0.437. The molecular formula is C17H15FN4O3. The topological polar surface area (TPSA) is 81.4 Å². The summed E-state index contributed by atoms with van der Waals surface area (Å²) in [5, 5.41) is 3.78. The zero-order valence-corrected chi connectivity index (χ0v) is 13.6. The summed E-state index contributed by atoms with van der Waals surface area (Å²) >= 11 is 0. The van der Waals surface area contributed by atoms with E-state index in [4.69, 9.17) is 4.52 Å². The number of nitrogens with zero attached hydrogens (tertiary/aromatic N) is 4. The molecule has 0 aliphatic rings.